The van der Waals surface area contributed by atoms with Crippen LogP contribution < -0.4 is 21.1 Å². The normalized spacial score (nSPS) is 23.2. The number of alkyl halides is 3. The number of nitrogens with two attached hydrogens (primary N) is 1. The number of benzene rings is 1. The Morgan fingerprint density at radius 3 is 2.48 bits per heavy atom. The fourth-order valence-corrected chi connectivity index (χ4v) is 5.86. The standard InChI is InChI=1S/C28H34F3N7O4/c1-37(2)22(39)14-38-8-6-15-11-20(21(41-3)12-16(15)7-9-38)34-27-33-13-19(28(29,30)31)25(36-27)35-23-17-4-5-18(10-17)24(23)42-26(32)40/h4-5,11-13,17-18,23-24H,6-10,14H2,1-3H3,(H2,32,40)(H2,33,34,35,36)/t17-,18+,23+,24-/m0/s1. The van der Waals surface area contributed by atoms with Crippen molar-refractivity contribution >= 4 is 29.5 Å². The van der Waals surface area contributed by atoms with Gasteiger partial charge in [0.05, 0.1) is 25.4 Å². The van der Waals surface area contributed by atoms with Crippen LogP contribution in [0.5, 0.6) is 5.75 Å². The number of rotatable bonds is 8. The van der Waals surface area contributed by atoms with E-state index in [1.165, 1.54) is 7.11 Å². The molecule has 4 atom stereocenters. The molecule has 5 rings (SSSR count). The van der Waals surface area contributed by atoms with Crippen molar-refractivity contribution in [2.45, 2.75) is 37.6 Å². The molecule has 2 aliphatic carbocycles. The van der Waals surface area contributed by atoms with E-state index in [9.17, 15) is 22.8 Å². The number of amides is 2. The van der Waals surface area contributed by atoms with E-state index in [2.05, 4.69) is 25.5 Å². The van der Waals surface area contributed by atoms with Crippen molar-refractivity contribution in [3.63, 3.8) is 0 Å². The molecule has 226 valence electrons. The number of ether oxygens (including phenoxy) is 2. The Bertz CT molecular complexity index is 1380. The first kappa shape index (κ1) is 29.4. The number of nitrogens with one attached hydrogen (secondary N) is 2. The number of fused-ring (bicyclic) bond motifs is 3. The summed E-state index contributed by atoms with van der Waals surface area (Å²) in [6.07, 6.45) is 0.0840. The molecule has 4 N–H and O–H groups in total. The minimum absolute atomic E-state index is 0.0266. The van der Waals surface area contributed by atoms with E-state index >= 15 is 0 Å². The molecule has 3 aliphatic rings. The van der Waals surface area contributed by atoms with E-state index in [0.717, 1.165) is 17.3 Å². The summed E-state index contributed by atoms with van der Waals surface area (Å²) in [6, 6.07) is 3.14. The van der Waals surface area contributed by atoms with Crippen LogP contribution >= 0.6 is 0 Å². The number of nitrogens with zero attached hydrogens (tertiary/aromatic N) is 4. The number of hydrogen-bond donors (Lipinski definition) is 3. The number of halogens is 3. The first-order valence-corrected chi connectivity index (χ1v) is 13.7. The lowest BCUT2D eigenvalue weighted by atomic mass is 9.98. The molecule has 1 aromatic carbocycles. The summed E-state index contributed by atoms with van der Waals surface area (Å²) in [4.78, 5) is 35.5. The Morgan fingerprint density at radius 1 is 1.14 bits per heavy atom. The number of primary amides is 1. The summed E-state index contributed by atoms with van der Waals surface area (Å²) in [5.74, 6) is -0.282. The molecule has 0 saturated heterocycles. The van der Waals surface area contributed by atoms with Gasteiger partial charge in [-0.2, -0.15) is 18.2 Å². The van der Waals surface area contributed by atoms with Gasteiger partial charge >= 0.3 is 12.3 Å². The zero-order chi connectivity index (χ0) is 30.2. The van der Waals surface area contributed by atoms with E-state index in [0.29, 0.717) is 50.3 Å². The van der Waals surface area contributed by atoms with Crippen LogP contribution in [0.2, 0.25) is 0 Å². The fraction of sp³-hybridized carbons (Fsp3) is 0.500. The molecule has 2 amide bonds. The van der Waals surface area contributed by atoms with Gasteiger partial charge in [-0.25, -0.2) is 9.78 Å². The first-order valence-electron chi connectivity index (χ1n) is 13.7. The maximum absolute atomic E-state index is 14.0. The molecule has 0 radical (unpaired) electrons. The van der Waals surface area contributed by atoms with E-state index in [4.69, 9.17) is 15.2 Å². The molecule has 0 spiro atoms. The van der Waals surface area contributed by atoms with Gasteiger partial charge < -0.3 is 30.7 Å². The second-order valence-corrected chi connectivity index (χ2v) is 11.0. The molecule has 42 heavy (non-hydrogen) atoms. The molecule has 1 aromatic heterocycles. The SMILES string of the molecule is COc1cc2c(cc1Nc1ncc(C(F)(F)F)c(N[C@H]3[C@@H](OC(N)=O)[C@@H]4C=C[C@H]3C4)n1)CCN(CC(=O)N(C)C)CC2. The van der Waals surface area contributed by atoms with Crippen LogP contribution in [-0.2, 0) is 28.5 Å². The Kier molecular flexibility index (Phi) is 8.17. The van der Waals surface area contributed by atoms with Gasteiger partial charge in [0.15, 0.2) is 0 Å². The summed E-state index contributed by atoms with van der Waals surface area (Å²) < 4.78 is 52.8. The van der Waals surface area contributed by atoms with Crippen LogP contribution in [0.25, 0.3) is 0 Å². The Hall–Kier alpha value is -4.07. The van der Waals surface area contributed by atoms with E-state index in [1.807, 2.05) is 24.3 Å². The maximum atomic E-state index is 14.0. The molecule has 11 nitrogen and oxygen atoms in total. The third-order valence-corrected chi connectivity index (χ3v) is 8.06. The third kappa shape index (κ3) is 6.22. The Labute approximate surface area is 241 Å². The Balaban J connectivity index is 1.40. The van der Waals surface area contributed by atoms with Gasteiger partial charge in [-0.15, -0.1) is 0 Å². The summed E-state index contributed by atoms with van der Waals surface area (Å²) in [6.45, 7) is 1.70. The minimum Gasteiger partial charge on any atom is -0.495 e. The van der Waals surface area contributed by atoms with Crippen LogP contribution in [-0.4, -0.2) is 84.8 Å². The molecule has 2 bridgehead atoms. The van der Waals surface area contributed by atoms with Crippen molar-refractivity contribution in [1.82, 2.24) is 19.8 Å². The van der Waals surface area contributed by atoms with Crippen molar-refractivity contribution in [3.05, 3.63) is 47.2 Å². The van der Waals surface area contributed by atoms with E-state index in [-0.39, 0.29) is 23.7 Å². The van der Waals surface area contributed by atoms with Gasteiger partial charge in [-0.1, -0.05) is 12.2 Å². The summed E-state index contributed by atoms with van der Waals surface area (Å²) in [5, 5.41) is 5.91. The zero-order valence-corrected chi connectivity index (χ0v) is 23.6. The largest absolute Gasteiger partial charge is 0.495 e. The second-order valence-electron chi connectivity index (χ2n) is 11.0. The fourth-order valence-electron chi connectivity index (χ4n) is 5.86. The maximum Gasteiger partial charge on any atom is 0.421 e. The number of carbonyl (C=O) groups is 2. The number of carbonyl (C=O) groups excluding carboxylic acids is 2. The van der Waals surface area contributed by atoms with Gasteiger partial charge in [0.2, 0.25) is 11.9 Å². The van der Waals surface area contributed by atoms with Crippen LogP contribution in [0.3, 0.4) is 0 Å². The molecule has 2 heterocycles. The van der Waals surface area contributed by atoms with Crippen LogP contribution in [0.1, 0.15) is 23.1 Å². The average Bonchev–Trinajstić information content (AvgIpc) is 3.46. The lowest BCUT2D eigenvalue weighted by Crippen LogP contribution is -2.42. The average molecular weight is 590 g/mol. The highest BCUT2D eigenvalue weighted by Gasteiger charge is 2.48. The van der Waals surface area contributed by atoms with Gasteiger partial charge in [-0.05, 0) is 42.5 Å². The van der Waals surface area contributed by atoms with Crippen molar-refractivity contribution in [2.75, 3.05) is 51.5 Å². The summed E-state index contributed by atoms with van der Waals surface area (Å²) in [7, 11) is 4.96. The highest BCUT2D eigenvalue weighted by atomic mass is 19.4. The Morgan fingerprint density at radius 2 is 1.83 bits per heavy atom. The van der Waals surface area contributed by atoms with Gasteiger partial charge in [0.25, 0.3) is 0 Å². The van der Waals surface area contributed by atoms with Crippen molar-refractivity contribution in [2.24, 2.45) is 17.6 Å². The van der Waals surface area contributed by atoms with Crippen molar-refractivity contribution in [3.8, 4) is 5.75 Å². The second kappa shape index (κ2) is 11.7. The van der Waals surface area contributed by atoms with Gasteiger partial charge in [0, 0.05) is 45.2 Å². The lowest BCUT2D eigenvalue weighted by molar-refractivity contribution is -0.137. The molecular weight excluding hydrogens is 555 g/mol. The zero-order valence-electron chi connectivity index (χ0n) is 23.6. The first-order chi connectivity index (χ1) is 19.9. The smallest absolute Gasteiger partial charge is 0.421 e. The highest BCUT2D eigenvalue weighted by Crippen LogP contribution is 2.44. The molecule has 14 heteroatoms. The van der Waals surface area contributed by atoms with Crippen LogP contribution in [0, 0.1) is 11.8 Å². The number of methoxy groups -OCH3 is 1. The summed E-state index contributed by atoms with van der Waals surface area (Å²) in [5.41, 5.74) is 6.79. The lowest BCUT2D eigenvalue weighted by Gasteiger charge is -2.29. The number of aromatic nitrogens is 2. The molecule has 2 aromatic rings. The highest BCUT2D eigenvalue weighted by molar-refractivity contribution is 5.77. The molecule has 0 unspecified atom stereocenters. The number of hydrogen-bond acceptors (Lipinski definition) is 9. The molecular formula is C28H34F3N7O4. The van der Waals surface area contributed by atoms with Gasteiger partial charge in [-0.3, -0.25) is 9.69 Å². The van der Waals surface area contributed by atoms with E-state index < -0.39 is 35.8 Å². The van der Waals surface area contributed by atoms with Crippen molar-refractivity contribution < 1.29 is 32.2 Å². The topological polar surface area (TPSA) is 135 Å². The minimum atomic E-state index is -4.73. The number of anilines is 3. The molecule has 1 fully saturated rings. The van der Waals surface area contributed by atoms with Crippen LogP contribution in [0.4, 0.5) is 35.4 Å². The predicted molar refractivity (Wildman–Crippen MR) is 148 cm³/mol. The molecule has 1 saturated carbocycles. The van der Waals surface area contributed by atoms with Crippen molar-refractivity contribution in [1.29, 1.82) is 0 Å². The van der Waals surface area contributed by atoms with Gasteiger partial charge in [0.1, 0.15) is 23.2 Å². The van der Waals surface area contributed by atoms with E-state index in [1.54, 1.807) is 19.0 Å². The molecule has 1 aliphatic heterocycles. The van der Waals surface area contributed by atoms with Crippen LogP contribution in [0.15, 0.2) is 30.5 Å². The summed E-state index contributed by atoms with van der Waals surface area (Å²) >= 11 is 0. The third-order valence-electron chi connectivity index (χ3n) is 8.06. The quantitative estimate of drug-likeness (QED) is 0.397. The predicted octanol–water partition coefficient (Wildman–Crippen LogP) is 3.19. The monoisotopic (exact) mass is 589 g/mol. The number of likely N-dealkylation sites (N-methyl/N-ethyl adjacent to an activating group) is 1.